The second-order valence-electron chi connectivity index (χ2n) is 4.98. The summed E-state index contributed by atoms with van der Waals surface area (Å²) in [4.78, 5) is 0. The fraction of sp³-hybridized carbons (Fsp3) is 0.294. The molecule has 0 amide bonds. The van der Waals surface area contributed by atoms with Crippen molar-refractivity contribution in [2.24, 2.45) is 0 Å². The quantitative estimate of drug-likeness (QED) is 0.869. The molecule has 19 heavy (non-hydrogen) atoms. The lowest BCUT2D eigenvalue weighted by atomic mass is 10.1. The summed E-state index contributed by atoms with van der Waals surface area (Å²) in [7, 11) is 1.70. The first-order valence-electron chi connectivity index (χ1n) is 6.58. The van der Waals surface area contributed by atoms with Gasteiger partial charge in [0.25, 0.3) is 0 Å². The second-order valence-corrected chi connectivity index (χ2v) is 4.98. The lowest BCUT2D eigenvalue weighted by Gasteiger charge is -2.18. The Bertz CT molecular complexity index is 546. The zero-order valence-corrected chi connectivity index (χ0v) is 12.0. The average molecular weight is 255 g/mol. The zero-order valence-electron chi connectivity index (χ0n) is 12.0. The Hall–Kier alpha value is -1.96. The maximum Gasteiger partial charge on any atom is 0.142 e. The standard InChI is InChI=1S/C17H21NO/c1-12-5-8-15(9-6-12)14(3)18-16-10-7-13(2)11-17(16)19-4/h5-11,14,18H,1-4H3. The molecule has 0 aliphatic heterocycles. The molecule has 2 heteroatoms. The molecule has 0 radical (unpaired) electrons. The van der Waals surface area contributed by atoms with Crippen molar-refractivity contribution in [2.75, 3.05) is 12.4 Å². The maximum atomic E-state index is 5.42. The van der Waals surface area contributed by atoms with Gasteiger partial charge in [0.2, 0.25) is 0 Å². The lowest BCUT2D eigenvalue weighted by molar-refractivity contribution is 0.416. The molecule has 0 fully saturated rings. The first-order chi connectivity index (χ1) is 9.10. The first-order valence-corrected chi connectivity index (χ1v) is 6.58. The van der Waals surface area contributed by atoms with Crippen molar-refractivity contribution in [2.45, 2.75) is 26.8 Å². The minimum absolute atomic E-state index is 0.247. The Kier molecular flexibility index (Phi) is 4.10. The molecule has 0 aliphatic carbocycles. The third kappa shape index (κ3) is 3.28. The van der Waals surface area contributed by atoms with Crippen LogP contribution in [0, 0.1) is 13.8 Å². The van der Waals surface area contributed by atoms with E-state index >= 15 is 0 Å². The maximum absolute atomic E-state index is 5.42. The lowest BCUT2D eigenvalue weighted by Crippen LogP contribution is -2.07. The summed E-state index contributed by atoms with van der Waals surface area (Å²) in [5.41, 5.74) is 4.78. The van der Waals surface area contributed by atoms with Crippen LogP contribution in [-0.2, 0) is 0 Å². The molecule has 0 bridgehead atoms. The van der Waals surface area contributed by atoms with Crippen LogP contribution >= 0.6 is 0 Å². The number of benzene rings is 2. The number of hydrogen-bond acceptors (Lipinski definition) is 2. The normalized spacial score (nSPS) is 12.0. The Labute approximate surface area is 115 Å². The third-order valence-corrected chi connectivity index (χ3v) is 3.31. The van der Waals surface area contributed by atoms with E-state index in [0.717, 1.165) is 11.4 Å². The number of nitrogens with one attached hydrogen (secondary N) is 1. The van der Waals surface area contributed by atoms with Gasteiger partial charge in [0.05, 0.1) is 12.8 Å². The summed E-state index contributed by atoms with van der Waals surface area (Å²) in [6, 6.07) is 15.0. The highest BCUT2D eigenvalue weighted by Crippen LogP contribution is 2.29. The van der Waals surface area contributed by atoms with E-state index < -0.39 is 0 Å². The highest BCUT2D eigenvalue weighted by Gasteiger charge is 2.08. The first kappa shape index (κ1) is 13.5. The van der Waals surface area contributed by atoms with Crippen LogP contribution < -0.4 is 10.1 Å². The highest BCUT2D eigenvalue weighted by molar-refractivity contribution is 5.58. The van der Waals surface area contributed by atoms with Crippen LogP contribution in [0.5, 0.6) is 5.75 Å². The minimum atomic E-state index is 0.247. The van der Waals surface area contributed by atoms with Gasteiger partial charge in [-0.2, -0.15) is 0 Å². The van der Waals surface area contributed by atoms with Gasteiger partial charge in [0.15, 0.2) is 0 Å². The van der Waals surface area contributed by atoms with E-state index in [2.05, 4.69) is 62.5 Å². The van der Waals surface area contributed by atoms with E-state index in [4.69, 9.17) is 4.74 Å². The molecular formula is C17H21NO. The molecular weight excluding hydrogens is 234 g/mol. The second kappa shape index (κ2) is 5.79. The van der Waals surface area contributed by atoms with Gasteiger partial charge in [-0.05, 0) is 44.0 Å². The van der Waals surface area contributed by atoms with Gasteiger partial charge in [-0.3, -0.25) is 0 Å². The molecule has 2 aromatic rings. The number of anilines is 1. The van der Waals surface area contributed by atoms with E-state index in [0.29, 0.717) is 0 Å². The largest absolute Gasteiger partial charge is 0.495 e. The van der Waals surface area contributed by atoms with Gasteiger partial charge in [-0.1, -0.05) is 35.9 Å². The Morgan fingerprint density at radius 2 is 1.58 bits per heavy atom. The summed E-state index contributed by atoms with van der Waals surface area (Å²) in [6.07, 6.45) is 0. The SMILES string of the molecule is COc1cc(C)ccc1NC(C)c1ccc(C)cc1. The number of methoxy groups -OCH3 is 1. The fourth-order valence-electron chi connectivity index (χ4n) is 2.09. The molecule has 2 nitrogen and oxygen atoms in total. The minimum Gasteiger partial charge on any atom is -0.495 e. The van der Waals surface area contributed by atoms with E-state index in [9.17, 15) is 0 Å². The fourth-order valence-corrected chi connectivity index (χ4v) is 2.09. The molecule has 1 N–H and O–H groups in total. The van der Waals surface area contributed by atoms with Crippen LogP contribution in [0.15, 0.2) is 42.5 Å². The van der Waals surface area contributed by atoms with Crippen molar-refractivity contribution in [3.8, 4) is 5.75 Å². The smallest absolute Gasteiger partial charge is 0.142 e. The van der Waals surface area contributed by atoms with Crippen molar-refractivity contribution in [1.29, 1.82) is 0 Å². The van der Waals surface area contributed by atoms with Crippen LogP contribution in [0.25, 0.3) is 0 Å². The molecule has 0 aromatic heterocycles. The van der Waals surface area contributed by atoms with Crippen LogP contribution in [0.1, 0.15) is 29.7 Å². The number of aryl methyl sites for hydroxylation is 2. The van der Waals surface area contributed by atoms with Crippen LogP contribution in [-0.4, -0.2) is 7.11 Å². The molecule has 1 atom stereocenters. The molecule has 0 aliphatic rings. The summed E-state index contributed by atoms with van der Waals surface area (Å²) in [5.74, 6) is 0.888. The van der Waals surface area contributed by atoms with Gasteiger partial charge in [0, 0.05) is 6.04 Å². The van der Waals surface area contributed by atoms with E-state index in [1.165, 1.54) is 16.7 Å². The summed E-state index contributed by atoms with van der Waals surface area (Å²) < 4.78 is 5.42. The predicted molar refractivity (Wildman–Crippen MR) is 80.9 cm³/mol. The number of rotatable bonds is 4. The zero-order chi connectivity index (χ0) is 13.8. The highest BCUT2D eigenvalue weighted by atomic mass is 16.5. The van der Waals surface area contributed by atoms with Gasteiger partial charge >= 0.3 is 0 Å². The van der Waals surface area contributed by atoms with Gasteiger partial charge < -0.3 is 10.1 Å². The number of hydrogen-bond donors (Lipinski definition) is 1. The van der Waals surface area contributed by atoms with Crippen molar-refractivity contribution in [3.05, 3.63) is 59.2 Å². The third-order valence-electron chi connectivity index (χ3n) is 3.31. The molecule has 0 saturated carbocycles. The Balaban J connectivity index is 2.18. The summed E-state index contributed by atoms with van der Waals surface area (Å²) in [6.45, 7) is 6.32. The van der Waals surface area contributed by atoms with Crippen molar-refractivity contribution in [3.63, 3.8) is 0 Å². The monoisotopic (exact) mass is 255 g/mol. The van der Waals surface area contributed by atoms with Crippen molar-refractivity contribution < 1.29 is 4.74 Å². The van der Waals surface area contributed by atoms with E-state index in [1.54, 1.807) is 7.11 Å². The van der Waals surface area contributed by atoms with Crippen LogP contribution in [0.2, 0.25) is 0 Å². The van der Waals surface area contributed by atoms with Gasteiger partial charge in [0.1, 0.15) is 5.75 Å². The topological polar surface area (TPSA) is 21.3 Å². The van der Waals surface area contributed by atoms with Gasteiger partial charge in [-0.15, -0.1) is 0 Å². The van der Waals surface area contributed by atoms with Gasteiger partial charge in [-0.25, -0.2) is 0 Å². The molecule has 0 spiro atoms. The average Bonchev–Trinajstić information content (AvgIpc) is 2.41. The van der Waals surface area contributed by atoms with Crippen molar-refractivity contribution in [1.82, 2.24) is 0 Å². The Morgan fingerprint density at radius 1 is 0.947 bits per heavy atom. The molecule has 0 heterocycles. The molecule has 2 rings (SSSR count). The Morgan fingerprint density at radius 3 is 2.21 bits per heavy atom. The van der Waals surface area contributed by atoms with Crippen molar-refractivity contribution >= 4 is 5.69 Å². The molecule has 1 unspecified atom stereocenters. The number of ether oxygens (including phenoxy) is 1. The van der Waals surface area contributed by atoms with E-state index in [1.807, 2.05) is 6.07 Å². The summed E-state index contributed by atoms with van der Waals surface area (Å²) >= 11 is 0. The molecule has 0 saturated heterocycles. The molecule has 100 valence electrons. The van der Waals surface area contributed by atoms with Crippen LogP contribution in [0.4, 0.5) is 5.69 Å². The van der Waals surface area contributed by atoms with E-state index in [-0.39, 0.29) is 6.04 Å². The summed E-state index contributed by atoms with van der Waals surface area (Å²) in [5, 5.41) is 3.50. The van der Waals surface area contributed by atoms with Crippen LogP contribution in [0.3, 0.4) is 0 Å². The predicted octanol–water partition coefficient (Wildman–Crippen LogP) is 4.49. The molecule has 2 aromatic carbocycles.